The fourth-order valence-corrected chi connectivity index (χ4v) is 1.03. The lowest BCUT2D eigenvalue weighted by atomic mass is 10.1. The molecule has 78 valence electrons. The van der Waals surface area contributed by atoms with E-state index in [0.29, 0.717) is 0 Å². The SMILES string of the molecule is NC[C@@H](O)c1ncccc1C(F)(F)F. The summed E-state index contributed by atoms with van der Waals surface area (Å²) in [6, 6.07) is 2.02. The number of pyridine rings is 1. The van der Waals surface area contributed by atoms with Crippen molar-refractivity contribution >= 4 is 0 Å². The van der Waals surface area contributed by atoms with E-state index in [1.165, 1.54) is 6.20 Å². The number of aliphatic hydroxyl groups is 1. The van der Waals surface area contributed by atoms with E-state index in [1.807, 2.05) is 0 Å². The molecule has 0 aliphatic carbocycles. The van der Waals surface area contributed by atoms with Gasteiger partial charge in [-0.25, -0.2) is 0 Å². The van der Waals surface area contributed by atoms with Crippen molar-refractivity contribution in [3.05, 3.63) is 29.6 Å². The van der Waals surface area contributed by atoms with Gasteiger partial charge in [0.25, 0.3) is 0 Å². The van der Waals surface area contributed by atoms with Gasteiger partial charge in [0.05, 0.1) is 11.3 Å². The Kier molecular flexibility index (Phi) is 3.07. The number of aliphatic hydroxyl groups excluding tert-OH is 1. The van der Waals surface area contributed by atoms with Crippen molar-refractivity contribution in [2.75, 3.05) is 6.54 Å². The molecule has 6 heteroatoms. The van der Waals surface area contributed by atoms with E-state index in [-0.39, 0.29) is 6.54 Å². The summed E-state index contributed by atoms with van der Waals surface area (Å²) in [5.74, 6) is 0. The van der Waals surface area contributed by atoms with E-state index in [9.17, 15) is 18.3 Å². The number of aromatic nitrogens is 1. The second-order valence-electron chi connectivity index (χ2n) is 2.69. The highest BCUT2D eigenvalue weighted by Crippen LogP contribution is 2.32. The van der Waals surface area contributed by atoms with Gasteiger partial charge < -0.3 is 10.8 Å². The van der Waals surface area contributed by atoms with E-state index in [0.717, 1.165) is 12.1 Å². The molecular formula is C8H9F3N2O. The van der Waals surface area contributed by atoms with E-state index in [1.54, 1.807) is 0 Å². The summed E-state index contributed by atoms with van der Waals surface area (Å²) in [4.78, 5) is 3.47. The van der Waals surface area contributed by atoms with Gasteiger partial charge in [0, 0.05) is 12.7 Å². The van der Waals surface area contributed by atoms with Crippen LogP contribution < -0.4 is 5.73 Å². The maximum Gasteiger partial charge on any atom is 0.418 e. The smallest absolute Gasteiger partial charge is 0.385 e. The first-order chi connectivity index (χ1) is 6.46. The Morgan fingerprint density at radius 1 is 1.50 bits per heavy atom. The molecule has 1 rings (SSSR count). The Morgan fingerprint density at radius 2 is 2.14 bits per heavy atom. The Hall–Kier alpha value is -1.14. The van der Waals surface area contributed by atoms with Gasteiger partial charge in [-0.1, -0.05) is 0 Å². The van der Waals surface area contributed by atoms with Crippen LogP contribution >= 0.6 is 0 Å². The molecule has 1 atom stereocenters. The first-order valence-corrected chi connectivity index (χ1v) is 3.87. The third-order valence-electron chi connectivity index (χ3n) is 1.68. The van der Waals surface area contributed by atoms with Crippen molar-refractivity contribution in [2.24, 2.45) is 5.73 Å². The van der Waals surface area contributed by atoms with Crippen molar-refractivity contribution in [1.29, 1.82) is 0 Å². The summed E-state index contributed by atoms with van der Waals surface area (Å²) in [5.41, 5.74) is 3.68. The summed E-state index contributed by atoms with van der Waals surface area (Å²) in [6.07, 6.45) is -4.71. The first-order valence-electron chi connectivity index (χ1n) is 3.87. The zero-order valence-electron chi connectivity index (χ0n) is 7.12. The molecule has 0 spiro atoms. The van der Waals surface area contributed by atoms with E-state index < -0.39 is 23.5 Å². The normalized spacial score (nSPS) is 14.1. The Bertz CT molecular complexity index is 314. The van der Waals surface area contributed by atoms with Crippen molar-refractivity contribution < 1.29 is 18.3 Å². The zero-order chi connectivity index (χ0) is 10.8. The minimum Gasteiger partial charge on any atom is -0.385 e. The van der Waals surface area contributed by atoms with Crippen LogP contribution in [-0.2, 0) is 6.18 Å². The van der Waals surface area contributed by atoms with Gasteiger partial charge in [-0.3, -0.25) is 4.98 Å². The number of hydrogen-bond acceptors (Lipinski definition) is 3. The van der Waals surface area contributed by atoms with Crippen LogP contribution in [-0.4, -0.2) is 16.6 Å². The predicted octanol–water partition coefficient (Wildman–Crippen LogP) is 1.09. The molecule has 0 unspecified atom stereocenters. The van der Waals surface area contributed by atoms with Gasteiger partial charge in [-0.15, -0.1) is 0 Å². The summed E-state index contributed by atoms with van der Waals surface area (Å²) in [5, 5.41) is 9.19. The highest BCUT2D eigenvalue weighted by molar-refractivity contribution is 5.24. The van der Waals surface area contributed by atoms with E-state index >= 15 is 0 Å². The second kappa shape index (κ2) is 3.93. The molecule has 0 amide bonds. The molecule has 0 bridgehead atoms. The third-order valence-corrected chi connectivity index (χ3v) is 1.68. The summed E-state index contributed by atoms with van der Waals surface area (Å²) in [7, 11) is 0. The second-order valence-corrected chi connectivity index (χ2v) is 2.69. The molecule has 0 radical (unpaired) electrons. The lowest BCUT2D eigenvalue weighted by Crippen LogP contribution is -2.18. The highest BCUT2D eigenvalue weighted by atomic mass is 19.4. The van der Waals surface area contributed by atoms with Crippen LogP contribution in [0.4, 0.5) is 13.2 Å². The molecule has 0 saturated heterocycles. The standard InChI is InChI=1S/C8H9F3N2O/c9-8(10,11)5-2-1-3-13-7(5)6(14)4-12/h1-3,6,14H,4,12H2/t6-/m1/s1. The number of halogens is 3. The minimum atomic E-state index is -4.51. The molecule has 14 heavy (non-hydrogen) atoms. The molecule has 3 nitrogen and oxygen atoms in total. The fraction of sp³-hybridized carbons (Fsp3) is 0.375. The number of nitrogens with zero attached hydrogens (tertiary/aromatic N) is 1. The maximum atomic E-state index is 12.4. The van der Waals surface area contributed by atoms with Crippen LogP contribution in [0.3, 0.4) is 0 Å². The molecule has 0 fully saturated rings. The largest absolute Gasteiger partial charge is 0.418 e. The average molecular weight is 206 g/mol. The minimum absolute atomic E-state index is 0.292. The number of alkyl halides is 3. The van der Waals surface area contributed by atoms with Crippen molar-refractivity contribution in [3.8, 4) is 0 Å². The van der Waals surface area contributed by atoms with Crippen LogP contribution in [0.1, 0.15) is 17.4 Å². The monoisotopic (exact) mass is 206 g/mol. The van der Waals surface area contributed by atoms with Gasteiger partial charge in [-0.05, 0) is 12.1 Å². The number of rotatable bonds is 2. The van der Waals surface area contributed by atoms with Crippen LogP contribution in [0.5, 0.6) is 0 Å². The van der Waals surface area contributed by atoms with Crippen molar-refractivity contribution in [1.82, 2.24) is 4.98 Å². The van der Waals surface area contributed by atoms with Crippen molar-refractivity contribution in [2.45, 2.75) is 12.3 Å². The molecule has 3 N–H and O–H groups in total. The van der Waals surface area contributed by atoms with Gasteiger partial charge in [0.15, 0.2) is 0 Å². The van der Waals surface area contributed by atoms with Gasteiger partial charge >= 0.3 is 6.18 Å². The third kappa shape index (κ3) is 2.21. The number of nitrogens with two attached hydrogens (primary N) is 1. The van der Waals surface area contributed by atoms with Gasteiger partial charge in [0.1, 0.15) is 6.10 Å². The van der Waals surface area contributed by atoms with Crippen molar-refractivity contribution in [3.63, 3.8) is 0 Å². The highest BCUT2D eigenvalue weighted by Gasteiger charge is 2.35. The molecule has 0 saturated carbocycles. The van der Waals surface area contributed by atoms with Crippen LogP contribution in [0.15, 0.2) is 18.3 Å². The summed E-state index contributed by atoms with van der Waals surface area (Å²) in [6.45, 7) is -0.292. The van der Waals surface area contributed by atoms with E-state index in [2.05, 4.69) is 4.98 Å². The fourth-order valence-electron chi connectivity index (χ4n) is 1.03. The van der Waals surface area contributed by atoms with Crippen LogP contribution in [0.2, 0.25) is 0 Å². The summed E-state index contributed by atoms with van der Waals surface area (Å²) >= 11 is 0. The Balaban J connectivity index is 3.16. The lowest BCUT2D eigenvalue weighted by molar-refractivity contribution is -0.139. The van der Waals surface area contributed by atoms with E-state index in [4.69, 9.17) is 5.73 Å². The summed E-state index contributed by atoms with van der Waals surface area (Å²) < 4.78 is 37.1. The molecule has 0 aromatic carbocycles. The van der Waals surface area contributed by atoms with Gasteiger partial charge in [0.2, 0.25) is 0 Å². The predicted molar refractivity (Wildman–Crippen MR) is 43.3 cm³/mol. The maximum absolute atomic E-state index is 12.4. The van der Waals surface area contributed by atoms with Gasteiger partial charge in [-0.2, -0.15) is 13.2 Å². The van der Waals surface area contributed by atoms with Crippen LogP contribution in [0.25, 0.3) is 0 Å². The molecule has 1 aromatic heterocycles. The molecule has 1 aromatic rings. The molecule has 0 aliphatic heterocycles. The Labute approximate surface area is 78.4 Å². The zero-order valence-corrected chi connectivity index (χ0v) is 7.12. The molecular weight excluding hydrogens is 197 g/mol. The van der Waals surface area contributed by atoms with Crippen LogP contribution in [0, 0.1) is 0 Å². The number of hydrogen-bond donors (Lipinski definition) is 2. The topological polar surface area (TPSA) is 59.1 Å². The molecule has 1 heterocycles. The first kappa shape index (κ1) is 10.9. The molecule has 0 aliphatic rings. The Morgan fingerprint density at radius 3 is 2.64 bits per heavy atom. The lowest BCUT2D eigenvalue weighted by Gasteiger charge is -2.14. The quantitative estimate of drug-likeness (QED) is 0.761. The average Bonchev–Trinajstić information content (AvgIpc) is 2.15.